The molecule has 15 heavy (non-hydrogen) atoms. The molecule has 1 aromatic heterocycles. The number of urea groups is 1. The first-order chi connectivity index (χ1) is 7.18. The Bertz CT molecular complexity index is 533. The van der Waals surface area contributed by atoms with Crippen LogP contribution in [0.3, 0.4) is 0 Å². The molecule has 0 radical (unpaired) electrons. The van der Waals surface area contributed by atoms with Gasteiger partial charge in [-0.2, -0.15) is 0 Å². The minimum absolute atomic E-state index is 0.458. The average Bonchev–Trinajstić information content (AvgIpc) is 2.59. The minimum Gasteiger partial charge on any atom is -0.351 e. The van der Waals surface area contributed by atoms with Gasteiger partial charge in [0.1, 0.15) is 0 Å². The lowest BCUT2D eigenvalue weighted by atomic mass is 10.2. The van der Waals surface area contributed by atoms with Crippen molar-refractivity contribution in [1.29, 1.82) is 0 Å². The van der Waals surface area contributed by atoms with Gasteiger partial charge in [0, 0.05) is 15.5 Å². The van der Waals surface area contributed by atoms with E-state index in [1.54, 1.807) is 5.38 Å². The number of nitrogens with one attached hydrogen (secondary N) is 1. The quantitative estimate of drug-likeness (QED) is 0.767. The predicted molar refractivity (Wildman–Crippen MR) is 58.9 cm³/mol. The Morgan fingerprint density at radius 2 is 2.00 bits per heavy atom. The molecule has 1 aromatic carbocycles. The van der Waals surface area contributed by atoms with Crippen molar-refractivity contribution in [3.8, 4) is 0 Å². The number of hydrogen-bond acceptors (Lipinski definition) is 3. The number of primary amides is 1. The van der Waals surface area contributed by atoms with E-state index in [1.165, 1.54) is 11.3 Å². The monoisotopic (exact) mass is 220 g/mol. The van der Waals surface area contributed by atoms with Crippen molar-refractivity contribution >= 4 is 33.4 Å². The first-order valence-electron chi connectivity index (χ1n) is 4.25. The van der Waals surface area contributed by atoms with Gasteiger partial charge in [-0.25, -0.2) is 4.79 Å². The van der Waals surface area contributed by atoms with E-state index in [4.69, 9.17) is 5.73 Å². The average molecular weight is 220 g/mol. The van der Waals surface area contributed by atoms with E-state index < -0.39 is 11.9 Å². The van der Waals surface area contributed by atoms with Crippen LogP contribution in [0.1, 0.15) is 10.4 Å². The first-order valence-corrected chi connectivity index (χ1v) is 5.13. The van der Waals surface area contributed by atoms with Crippen molar-refractivity contribution in [2.45, 2.75) is 0 Å². The Hall–Kier alpha value is -1.88. The number of fused-ring (bicyclic) bond motifs is 1. The maximum atomic E-state index is 11.5. The Balaban J connectivity index is 2.44. The zero-order chi connectivity index (χ0) is 10.8. The maximum absolute atomic E-state index is 11.5. The van der Waals surface area contributed by atoms with Crippen LogP contribution in [-0.2, 0) is 0 Å². The van der Waals surface area contributed by atoms with Crippen molar-refractivity contribution in [2.24, 2.45) is 5.73 Å². The lowest BCUT2D eigenvalue weighted by Crippen LogP contribution is -2.34. The van der Waals surface area contributed by atoms with Gasteiger partial charge >= 0.3 is 6.03 Å². The molecule has 0 spiro atoms. The summed E-state index contributed by atoms with van der Waals surface area (Å²) in [5, 5.41) is 4.59. The fourth-order valence-electron chi connectivity index (χ4n) is 1.33. The molecule has 4 nitrogen and oxygen atoms in total. The van der Waals surface area contributed by atoms with E-state index in [-0.39, 0.29) is 0 Å². The molecule has 1 heterocycles. The van der Waals surface area contributed by atoms with Crippen LogP contribution in [0.15, 0.2) is 29.6 Å². The summed E-state index contributed by atoms with van der Waals surface area (Å²) in [5.74, 6) is -0.458. The second-order valence-corrected chi connectivity index (χ2v) is 3.88. The molecule has 0 unspecified atom stereocenters. The normalized spacial score (nSPS) is 10.1. The van der Waals surface area contributed by atoms with Crippen molar-refractivity contribution in [3.05, 3.63) is 35.2 Å². The third-order valence-corrected chi connectivity index (χ3v) is 2.93. The van der Waals surface area contributed by atoms with Crippen LogP contribution in [0, 0.1) is 0 Å². The molecule has 0 aliphatic carbocycles. The summed E-state index contributed by atoms with van der Waals surface area (Å²) in [5.41, 5.74) is 5.36. The van der Waals surface area contributed by atoms with Crippen LogP contribution in [-0.4, -0.2) is 11.9 Å². The van der Waals surface area contributed by atoms with Gasteiger partial charge in [-0.3, -0.25) is 10.1 Å². The van der Waals surface area contributed by atoms with Crippen LogP contribution < -0.4 is 11.1 Å². The highest BCUT2D eigenvalue weighted by Gasteiger charge is 2.12. The predicted octanol–water partition coefficient (Wildman–Crippen LogP) is 1.71. The second kappa shape index (κ2) is 3.70. The highest BCUT2D eigenvalue weighted by atomic mass is 32.1. The molecular formula is C10H8N2O2S. The van der Waals surface area contributed by atoms with Crippen molar-refractivity contribution < 1.29 is 9.59 Å². The number of hydrogen-bond donors (Lipinski definition) is 2. The third-order valence-electron chi connectivity index (χ3n) is 1.96. The van der Waals surface area contributed by atoms with Gasteiger partial charge in [0.25, 0.3) is 5.91 Å². The van der Waals surface area contributed by atoms with Gasteiger partial charge in [-0.05, 0) is 6.07 Å². The van der Waals surface area contributed by atoms with E-state index in [0.717, 1.165) is 10.1 Å². The minimum atomic E-state index is -0.838. The van der Waals surface area contributed by atoms with Crippen LogP contribution in [0.4, 0.5) is 4.79 Å². The molecule has 0 atom stereocenters. The molecule has 0 saturated heterocycles. The SMILES string of the molecule is NC(=O)NC(=O)c1csc2ccccc12. The fraction of sp³-hybridized carbons (Fsp3) is 0. The van der Waals surface area contributed by atoms with Gasteiger partial charge in [0.05, 0.1) is 5.56 Å². The van der Waals surface area contributed by atoms with Crippen LogP contribution in [0.5, 0.6) is 0 Å². The number of imide groups is 1. The molecule has 5 heteroatoms. The summed E-state index contributed by atoms with van der Waals surface area (Å²) in [6.07, 6.45) is 0. The van der Waals surface area contributed by atoms with Crippen LogP contribution in [0.25, 0.3) is 10.1 Å². The molecule has 0 aliphatic heterocycles. The van der Waals surface area contributed by atoms with E-state index in [0.29, 0.717) is 5.56 Å². The molecule has 0 aliphatic rings. The molecule has 76 valence electrons. The summed E-state index contributed by atoms with van der Waals surface area (Å²) in [4.78, 5) is 22.1. The summed E-state index contributed by atoms with van der Waals surface area (Å²) in [7, 11) is 0. The Morgan fingerprint density at radius 3 is 2.73 bits per heavy atom. The standard InChI is InChI=1S/C10H8N2O2S/c11-10(14)12-9(13)7-5-15-8-4-2-1-3-6(7)8/h1-5H,(H3,11,12,13,14). The van der Waals surface area contributed by atoms with Gasteiger partial charge in [-0.15, -0.1) is 11.3 Å². The summed E-state index contributed by atoms with van der Waals surface area (Å²) in [6.45, 7) is 0. The Labute approximate surface area is 89.7 Å². The fourth-order valence-corrected chi connectivity index (χ4v) is 2.27. The van der Waals surface area contributed by atoms with Crippen LogP contribution in [0.2, 0.25) is 0 Å². The topological polar surface area (TPSA) is 72.2 Å². The van der Waals surface area contributed by atoms with Gasteiger partial charge in [0.2, 0.25) is 0 Å². The maximum Gasteiger partial charge on any atom is 0.319 e. The lowest BCUT2D eigenvalue weighted by molar-refractivity contribution is 0.0968. The smallest absolute Gasteiger partial charge is 0.319 e. The third kappa shape index (κ3) is 1.82. The van der Waals surface area contributed by atoms with E-state index in [9.17, 15) is 9.59 Å². The second-order valence-electron chi connectivity index (χ2n) is 2.96. The first kappa shape index (κ1) is 9.67. The molecule has 2 rings (SSSR count). The van der Waals surface area contributed by atoms with Crippen LogP contribution >= 0.6 is 11.3 Å². The summed E-state index contributed by atoms with van der Waals surface area (Å²) >= 11 is 1.46. The Kier molecular flexibility index (Phi) is 2.39. The van der Waals surface area contributed by atoms with Crippen molar-refractivity contribution in [2.75, 3.05) is 0 Å². The largest absolute Gasteiger partial charge is 0.351 e. The van der Waals surface area contributed by atoms with Crippen molar-refractivity contribution in [3.63, 3.8) is 0 Å². The molecule has 3 amide bonds. The number of carbonyl (C=O) groups excluding carboxylic acids is 2. The van der Waals surface area contributed by atoms with Crippen molar-refractivity contribution in [1.82, 2.24) is 5.32 Å². The number of amides is 3. The van der Waals surface area contributed by atoms with Gasteiger partial charge in [-0.1, -0.05) is 18.2 Å². The molecule has 2 aromatic rings. The molecule has 3 N–H and O–H groups in total. The Morgan fingerprint density at radius 1 is 1.27 bits per heavy atom. The number of benzene rings is 1. The van der Waals surface area contributed by atoms with E-state index in [1.807, 2.05) is 29.6 Å². The molecule has 0 saturated carbocycles. The van der Waals surface area contributed by atoms with Gasteiger partial charge < -0.3 is 5.73 Å². The number of nitrogens with two attached hydrogens (primary N) is 1. The van der Waals surface area contributed by atoms with E-state index >= 15 is 0 Å². The van der Waals surface area contributed by atoms with E-state index in [2.05, 4.69) is 0 Å². The molecule has 0 fully saturated rings. The summed E-state index contributed by atoms with van der Waals surface area (Å²) < 4.78 is 1.01. The zero-order valence-electron chi connectivity index (χ0n) is 7.69. The number of carbonyl (C=O) groups is 2. The number of thiophene rings is 1. The summed E-state index contributed by atoms with van der Waals surface area (Å²) in [6, 6.07) is 6.66. The lowest BCUT2D eigenvalue weighted by Gasteiger charge is -1.98. The highest BCUT2D eigenvalue weighted by molar-refractivity contribution is 7.17. The molecular weight excluding hydrogens is 212 g/mol. The molecule has 0 bridgehead atoms. The number of rotatable bonds is 1. The zero-order valence-corrected chi connectivity index (χ0v) is 8.51. The highest BCUT2D eigenvalue weighted by Crippen LogP contribution is 2.25. The van der Waals surface area contributed by atoms with Gasteiger partial charge in [0.15, 0.2) is 0 Å².